The van der Waals surface area contributed by atoms with Crippen LogP contribution in [-0.2, 0) is 11.3 Å². The highest BCUT2D eigenvalue weighted by molar-refractivity contribution is 7.10. The molecule has 1 fully saturated rings. The molecule has 30 heavy (non-hydrogen) atoms. The second-order valence-corrected chi connectivity index (χ2v) is 7.93. The van der Waals surface area contributed by atoms with Crippen molar-refractivity contribution in [2.24, 2.45) is 5.10 Å². The Balaban J connectivity index is 1.28. The van der Waals surface area contributed by atoms with Crippen molar-refractivity contribution in [1.29, 1.82) is 0 Å². The fourth-order valence-corrected chi connectivity index (χ4v) is 4.37. The topological polar surface area (TPSA) is 96.1 Å². The SMILES string of the molecule is CCOc1cccc(-c2noc(CN3N=CN4NC(c5cccs5)CC4C3=O)n2)c1. The molecule has 0 aliphatic carbocycles. The fourth-order valence-electron chi connectivity index (χ4n) is 3.58. The first kappa shape index (κ1) is 18.8. The zero-order valence-corrected chi connectivity index (χ0v) is 17.1. The Bertz CT molecular complexity index is 1070. The second-order valence-electron chi connectivity index (χ2n) is 6.96. The maximum absolute atomic E-state index is 12.9. The number of benzene rings is 1. The molecule has 5 rings (SSSR count). The summed E-state index contributed by atoms with van der Waals surface area (Å²) in [5.41, 5.74) is 4.12. The highest BCUT2D eigenvalue weighted by atomic mass is 32.1. The number of carbonyl (C=O) groups is 1. The van der Waals surface area contributed by atoms with Gasteiger partial charge in [0, 0.05) is 16.9 Å². The summed E-state index contributed by atoms with van der Waals surface area (Å²) in [6.45, 7) is 2.64. The molecule has 2 aliphatic rings. The third kappa shape index (κ3) is 3.55. The van der Waals surface area contributed by atoms with Crippen molar-refractivity contribution in [3.63, 3.8) is 0 Å². The first-order valence-electron chi connectivity index (χ1n) is 9.70. The van der Waals surface area contributed by atoms with Crippen LogP contribution in [-0.4, -0.2) is 45.1 Å². The molecule has 1 saturated heterocycles. The summed E-state index contributed by atoms with van der Waals surface area (Å²) in [4.78, 5) is 18.6. The maximum Gasteiger partial charge on any atom is 0.267 e. The van der Waals surface area contributed by atoms with Crippen molar-refractivity contribution in [3.05, 3.63) is 52.5 Å². The minimum atomic E-state index is -0.306. The predicted octanol–water partition coefficient (Wildman–Crippen LogP) is 2.80. The number of hydrogen-bond acceptors (Lipinski definition) is 9. The van der Waals surface area contributed by atoms with Gasteiger partial charge in [-0.25, -0.2) is 10.4 Å². The molecule has 0 radical (unpaired) electrons. The van der Waals surface area contributed by atoms with Gasteiger partial charge in [-0.1, -0.05) is 23.4 Å². The molecule has 9 nitrogen and oxygen atoms in total. The summed E-state index contributed by atoms with van der Waals surface area (Å²) in [5.74, 6) is 1.42. The Morgan fingerprint density at radius 1 is 1.33 bits per heavy atom. The van der Waals surface area contributed by atoms with E-state index in [2.05, 4.69) is 26.7 Å². The molecular formula is C20H20N6O3S. The number of ether oxygens (including phenoxy) is 1. The fraction of sp³-hybridized carbons (Fsp3) is 0.300. The van der Waals surface area contributed by atoms with Gasteiger partial charge in [0.25, 0.3) is 5.91 Å². The lowest BCUT2D eigenvalue weighted by Crippen LogP contribution is -2.50. The van der Waals surface area contributed by atoms with Gasteiger partial charge < -0.3 is 9.26 Å². The van der Waals surface area contributed by atoms with Crippen molar-refractivity contribution in [1.82, 2.24) is 25.6 Å². The lowest BCUT2D eigenvalue weighted by atomic mass is 10.1. The molecule has 1 amide bonds. The predicted molar refractivity (Wildman–Crippen MR) is 110 cm³/mol. The van der Waals surface area contributed by atoms with E-state index in [1.165, 1.54) is 9.89 Å². The van der Waals surface area contributed by atoms with Crippen LogP contribution in [0.1, 0.15) is 30.2 Å². The van der Waals surface area contributed by atoms with Crippen LogP contribution in [0, 0.1) is 0 Å². The van der Waals surface area contributed by atoms with Crippen molar-refractivity contribution < 1.29 is 14.1 Å². The molecule has 2 aliphatic heterocycles. The van der Waals surface area contributed by atoms with Gasteiger partial charge in [-0.15, -0.1) is 11.3 Å². The number of fused-ring (bicyclic) bond motifs is 1. The van der Waals surface area contributed by atoms with Gasteiger partial charge in [-0.2, -0.15) is 10.1 Å². The van der Waals surface area contributed by atoms with E-state index < -0.39 is 0 Å². The number of carbonyl (C=O) groups excluding carboxylic acids is 1. The number of aromatic nitrogens is 2. The molecule has 2 aromatic heterocycles. The minimum absolute atomic E-state index is 0.0952. The van der Waals surface area contributed by atoms with Crippen LogP contribution in [0.15, 0.2) is 51.4 Å². The van der Waals surface area contributed by atoms with Crippen molar-refractivity contribution in [3.8, 4) is 17.1 Å². The Morgan fingerprint density at radius 2 is 2.27 bits per heavy atom. The molecule has 154 valence electrons. The van der Waals surface area contributed by atoms with E-state index in [-0.39, 0.29) is 24.5 Å². The van der Waals surface area contributed by atoms with E-state index in [1.807, 2.05) is 42.6 Å². The Kier molecular flexibility index (Phi) is 4.93. The number of hydrazine groups is 1. The molecule has 0 spiro atoms. The van der Waals surface area contributed by atoms with E-state index in [1.54, 1.807) is 22.7 Å². The maximum atomic E-state index is 12.9. The number of thiophene rings is 1. The number of hydrogen-bond donors (Lipinski definition) is 1. The van der Waals surface area contributed by atoms with Gasteiger partial charge in [-0.05, 0) is 30.5 Å². The van der Waals surface area contributed by atoms with Crippen LogP contribution in [0.2, 0.25) is 0 Å². The first-order valence-corrected chi connectivity index (χ1v) is 10.6. The van der Waals surface area contributed by atoms with Crippen molar-refractivity contribution in [2.75, 3.05) is 6.61 Å². The first-order chi connectivity index (χ1) is 14.7. The summed E-state index contributed by atoms with van der Waals surface area (Å²) in [7, 11) is 0. The molecule has 10 heteroatoms. The largest absolute Gasteiger partial charge is 0.494 e. The summed E-state index contributed by atoms with van der Waals surface area (Å²) < 4.78 is 10.9. The molecular weight excluding hydrogens is 404 g/mol. The van der Waals surface area contributed by atoms with Crippen LogP contribution in [0.4, 0.5) is 0 Å². The van der Waals surface area contributed by atoms with E-state index in [4.69, 9.17) is 9.26 Å². The second kappa shape index (κ2) is 7.88. The monoisotopic (exact) mass is 424 g/mol. The summed E-state index contributed by atoms with van der Waals surface area (Å²) in [6, 6.07) is 11.4. The van der Waals surface area contributed by atoms with Gasteiger partial charge in [0.05, 0.1) is 12.6 Å². The molecule has 4 heterocycles. The molecule has 1 aromatic carbocycles. The van der Waals surface area contributed by atoms with Gasteiger partial charge in [0.2, 0.25) is 11.7 Å². The van der Waals surface area contributed by atoms with Crippen LogP contribution in [0.5, 0.6) is 5.75 Å². The Labute approximate surface area is 176 Å². The van der Waals surface area contributed by atoms with E-state index in [0.717, 1.165) is 11.3 Å². The highest BCUT2D eigenvalue weighted by Crippen LogP contribution is 2.32. The zero-order valence-electron chi connectivity index (χ0n) is 16.3. The van der Waals surface area contributed by atoms with E-state index in [0.29, 0.717) is 24.7 Å². The van der Waals surface area contributed by atoms with Gasteiger partial charge in [0.15, 0.2) is 0 Å². The number of nitrogens with zero attached hydrogens (tertiary/aromatic N) is 5. The number of amides is 1. The van der Waals surface area contributed by atoms with Gasteiger partial charge in [0.1, 0.15) is 24.7 Å². The van der Waals surface area contributed by atoms with Crippen LogP contribution < -0.4 is 10.2 Å². The number of rotatable bonds is 6. The molecule has 2 atom stereocenters. The summed E-state index contributed by atoms with van der Waals surface area (Å²) in [6.07, 6.45) is 2.32. The smallest absolute Gasteiger partial charge is 0.267 e. The molecule has 2 unspecified atom stereocenters. The number of hydrazone groups is 1. The molecule has 0 bridgehead atoms. The standard InChI is InChI=1S/C20H20N6O3S/c1-2-28-14-6-3-5-13(9-14)19-22-18(29-24-19)11-25-20(27)16-10-15(17-7-4-8-30-17)23-26(16)12-21-25/h3-9,12,15-16,23H,2,10-11H2,1H3. The highest BCUT2D eigenvalue weighted by Gasteiger charge is 2.41. The van der Waals surface area contributed by atoms with Crippen LogP contribution >= 0.6 is 11.3 Å². The van der Waals surface area contributed by atoms with Gasteiger partial charge >= 0.3 is 0 Å². The minimum Gasteiger partial charge on any atom is -0.494 e. The van der Waals surface area contributed by atoms with Crippen LogP contribution in [0.25, 0.3) is 11.4 Å². The van der Waals surface area contributed by atoms with E-state index >= 15 is 0 Å². The number of nitrogens with one attached hydrogen (secondary N) is 1. The third-order valence-electron chi connectivity index (χ3n) is 5.00. The average Bonchev–Trinajstić information content (AvgIpc) is 3.51. The normalized spacial score (nSPS) is 20.6. The lowest BCUT2D eigenvalue weighted by Gasteiger charge is -2.29. The lowest BCUT2D eigenvalue weighted by molar-refractivity contribution is -0.137. The third-order valence-corrected chi connectivity index (χ3v) is 5.98. The molecule has 1 N–H and O–H groups in total. The van der Waals surface area contributed by atoms with E-state index in [9.17, 15) is 4.79 Å². The Morgan fingerprint density at radius 3 is 3.10 bits per heavy atom. The average molecular weight is 424 g/mol. The van der Waals surface area contributed by atoms with Gasteiger partial charge in [-0.3, -0.25) is 9.80 Å². The van der Waals surface area contributed by atoms with Crippen molar-refractivity contribution >= 4 is 23.6 Å². The quantitative estimate of drug-likeness (QED) is 0.650. The summed E-state index contributed by atoms with van der Waals surface area (Å²) in [5, 5.41) is 13.5. The van der Waals surface area contributed by atoms with Crippen molar-refractivity contribution in [2.45, 2.75) is 32.0 Å². The molecule has 3 aromatic rings. The summed E-state index contributed by atoms with van der Waals surface area (Å²) >= 11 is 1.67. The Hall–Kier alpha value is -3.24. The molecule has 0 saturated carbocycles. The zero-order chi connectivity index (χ0) is 20.5. The van der Waals surface area contributed by atoms with Crippen LogP contribution in [0.3, 0.4) is 0 Å².